The van der Waals surface area contributed by atoms with E-state index in [1.54, 1.807) is 30.4 Å². The van der Waals surface area contributed by atoms with Crippen molar-refractivity contribution in [2.75, 3.05) is 0 Å². The van der Waals surface area contributed by atoms with Crippen LogP contribution >= 0.6 is 23.2 Å². The van der Waals surface area contributed by atoms with E-state index in [9.17, 15) is 4.79 Å². The molecule has 0 saturated heterocycles. The summed E-state index contributed by atoms with van der Waals surface area (Å²) in [4.78, 5) is 16.0. The Balaban J connectivity index is 1.82. The fourth-order valence-electron chi connectivity index (χ4n) is 1.99. The SMILES string of the molecule is O=C1OC(/C=C/c2ccccc2)=NC/1=C/c1ccc(Cl)c(Cl)c1. The predicted octanol–water partition coefficient (Wildman–Crippen LogP) is 5.00. The number of halogens is 2. The number of carbonyl (C=O) groups excluding carboxylic acids is 1. The van der Waals surface area contributed by atoms with Crippen LogP contribution in [-0.2, 0) is 9.53 Å². The summed E-state index contributed by atoms with van der Waals surface area (Å²) < 4.78 is 5.12. The zero-order valence-corrected chi connectivity index (χ0v) is 13.4. The van der Waals surface area contributed by atoms with E-state index in [1.165, 1.54) is 0 Å². The first-order chi connectivity index (χ1) is 11.1. The summed E-state index contributed by atoms with van der Waals surface area (Å²) in [6, 6.07) is 14.8. The summed E-state index contributed by atoms with van der Waals surface area (Å²) in [6.45, 7) is 0. The van der Waals surface area contributed by atoms with Crippen molar-refractivity contribution in [3.63, 3.8) is 0 Å². The number of hydrogen-bond acceptors (Lipinski definition) is 3. The molecule has 114 valence electrons. The van der Waals surface area contributed by atoms with Crippen LogP contribution in [0.5, 0.6) is 0 Å². The molecule has 0 amide bonds. The molecule has 0 bridgehead atoms. The quantitative estimate of drug-likeness (QED) is 0.580. The summed E-state index contributed by atoms with van der Waals surface area (Å²) in [5, 5.41) is 0.873. The monoisotopic (exact) mass is 343 g/mol. The van der Waals surface area contributed by atoms with E-state index in [-0.39, 0.29) is 11.6 Å². The van der Waals surface area contributed by atoms with Crippen LogP contribution < -0.4 is 0 Å². The van der Waals surface area contributed by atoms with Gasteiger partial charge in [-0.2, -0.15) is 0 Å². The van der Waals surface area contributed by atoms with Crippen molar-refractivity contribution < 1.29 is 9.53 Å². The zero-order valence-electron chi connectivity index (χ0n) is 11.9. The van der Waals surface area contributed by atoms with Gasteiger partial charge in [0.2, 0.25) is 5.90 Å². The van der Waals surface area contributed by atoms with Crippen molar-refractivity contribution in [2.24, 2.45) is 4.99 Å². The lowest BCUT2D eigenvalue weighted by Gasteiger charge is -1.97. The van der Waals surface area contributed by atoms with Gasteiger partial charge in [-0.1, -0.05) is 59.6 Å². The fraction of sp³-hybridized carbons (Fsp3) is 0. The number of benzene rings is 2. The highest BCUT2D eigenvalue weighted by atomic mass is 35.5. The highest BCUT2D eigenvalue weighted by molar-refractivity contribution is 6.42. The molecule has 1 aliphatic heterocycles. The van der Waals surface area contributed by atoms with E-state index in [2.05, 4.69) is 4.99 Å². The number of aliphatic imine (C=N–C) groups is 1. The minimum Gasteiger partial charge on any atom is -0.403 e. The molecule has 0 aromatic heterocycles. The molecule has 5 heteroatoms. The summed E-state index contributed by atoms with van der Waals surface area (Å²) in [7, 11) is 0. The smallest absolute Gasteiger partial charge is 0.363 e. The van der Waals surface area contributed by atoms with Crippen LogP contribution in [0.4, 0.5) is 0 Å². The molecule has 0 saturated carbocycles. The van der Waals surface area contributed by atoms with Gasteiger partial charge in [-0.3, -0.25) is 0 Å². The maximum atomic E-state index is 11.9. The number of hydrogen-bond donors (Lipinski definition) is 0. The second-order valence-corrected chi connectivity index (χ2v) is 5.60. The summed E-state index contributed by atoms with van der Waals surface area (Å²) in [5.41, 5.74) is 1.94. The van der Waals surface area contributed by atoms with Crippen molar-refractivity contribution in [2.45, 2.75) is 0 Å². The molecule has 0 unspecified atom stereocenters. The van der Waals surface area contributed by atoms with Crippen LogP contribution in [0, 0.1) is 0 Å². The highest BCUT2D eigenvalue weighted by Crippen LogP contribution is 2.25. The molecular formula is C18H11Cl2NO2. The third-order valence-corrected chi connectivity index (χ3v) is 3.84. The van der Waals surface area contributed by atoms with E-state index < -0.39 is 5.97 Å². The Morgan fingerprint density at radius 2 is 1.70 bits per heavy atom. The summed E-state index contributed by atoms with van der Waals surface area (Å²) >= 11 is 11.8. The van der Waals surface area contributed by atoms with Crippen molar-refractivity contribution in [1.82, 2.24) is 0 Å². The highest BCUT2D eigenvalue weighted by Gasteiger charge is 2.21. The van der Waals surface area contributed by atoms with Gasteiger partial charge in [-0.05, 0) is 35.4 Å². The van der Waals surface area contributed by atoms with Gasteiger partial charge in [0.15, 0.2) is 5.70 Å². The van der Waals surface area contributed by atoms with Gasteiger partial charge < -0.3 is 4.74 Å². The number of ether oxygens (including phenoxy) is 1. The molecule has 0 N–H and O–H groups in total. The molecule has 23 heavy (non-hydrogen) atoms. The Hall–Kier alpha value is -2.36. The van der Waals surface area contributed by atoms with Crippen LogP contribution in [0.1, 0.15) is 11.1 Å². The van der Waals surface area contributed by atoms with Gasteiger partial charge in [-0.25, -0.2) is 9.79 Å². The first-order valence-electron chi connectivity index (χ1n) is 6.82. The van der Waals surface area contributed by atoms with E-state index in [0.717, 1.165) is 11.1 Å². The average molecular weight is 344 g/mol. The van der Waals surface area contributed by atoms with E-state index in [4.69, 9.17) is 27.9 Å². The molecule has 2 aromatic rings. The topological polar surface area (TPSA) is 38.7 Å². The summed E-state index contributed by atoms with van der Waals surface area (Å²) in [5.74, 6) is -0.242. The lowest BCUT2D eigenvalue weighted by Crippen LogP contribution is -2.01. The minimum atomic E-state index is -0.496. The van der Waals surface area contributed by atoms with Crippen LogP contribution in [-0.4, -0.2) is 11.9 Å². The predicted molar refractivity (Wildman–Crippen MR) is 93.4 cm³/mol. The normalized spacial score (nSPS) is 16.0. The Kier molecular flexibility index (Phi) is 4.60. The standard InChI is InChI=1S/C18H11Cl2NO2/c19-14-8-6-13(10-15(14)20)11-16-18(22)23-17(21-16)9-7-12-4-2-1-3-5-12/h1-11H/b9-7+,16-11+. The van der Waals surface area contributed by atoms with Crippen molar-refractivity contribution >= 4 is 47.2 Å². The van der Waals surface area contributed by atoms with Crippen LogP contribution in [0.15, 0.2) is 65.3 Å². The van der Waals surface area contributed by atoms with E-state index >= 15 is 0 Å². The van der Waals surface area contributed by atoms with Gasteiger partial charge in [0.05, 0.1) is 10.0 Å². The molecule has 1 heterocycles. The van der Waals surface area contributed by atoms with E-state index in [0.29, 0.717) is 10.0 Å². The second-order valence-electron chi connectivity index (χ2n) is 4.79. The van der Waals surface area contributed by atoms with Crippen LogP contribution in [0.2, 0.25) is 10.0 Å². The van der Waals surface area contributed by atoms with Crippen LogP contribution in [0.25, 0.3) is 12.2 Å². The molecule has 1 aliphatic rings. The molecule has 0 atom stereocenters. The first-order valence-corrected chi connectivity index (χ1v) is 7.58. The Bertz CT molecular complexity index is 839. The van der Waals surface area contributed by atoms with Gasteiger partial charge >= 0.3 is 5.97 Å². The van der Waals surface area contributed by atoms with Crippen molar-refractivity contribution in [1.29, 1.82) is 0 Å². The van der Waals surface area contributed by atoms with Crippen molar-refractivity contribution in [3.05, 3.63) is 81.5 Å². The second kappa shape index (κ2) is 6.82. The molecule has 0 spiro atoms. The maximum Gasteiger partial charge on any atom is 0.363 e. The lowest BCUT2D eigenvalue weighted by atomic mass is 10.2. The number of nitrogens with zero attached hydrogens (tertiary/aromatic N) is 1. The molecule has 0 fully saturated rings. The molecular weight excluding hydrogens is 333 g/mol. The fourth-order valence-corrected chi connectivity index (χ4v) is 2.30. The Morgan fingerprint density at radius 1 is 0.913 bits per heavy atom. The number of carbonyl (C=O) groups is 1. The Labute approximate surface area is 143 Å². The van der Waals surface area contributed by atoms with Gasteiger partial charge in [0, 0.05) is 6.08 Å². The van der Waals surface area contributed by atoms with E-state index in [1.807, 2.05) is 36.4 Å². The maximum absolute atomic E-state index is 11.9. The number of rotatable bonds is 3. The van der Waals surface area contributed by atoms with Gasteiger partial charge in [-0.15, -0.1) is 0 Å². The molecule has 2 aromatic carbocycles. The third-order valence-electron chi connectivity index (χ3n) is 3.10. The van der Waals surface area contributed by atoms with Gasteiger partial charge in [0.1, 0.15) is 0 Å². The zero-order chi connectivity index (χ0) is 16.2. The lowest BCUT2D eigenvalue weighted by molar-refractivity contribution is -0.129. The summed E-state index contributed by atoms with van der Waals surface area (Å²) in [6.07, 6.45) is 5.09. The average Bonchev–Trinajstić information content (AvgIpc) is 2.90. The third kappa shape index (κ3) is 3.89. The number of esters is 1. The number of cyclic esters (lactones) is 1. The molecule has 0 aliphatic carbocycles. The molecule has 0 radical (unpaired) electrons. The minimum absolute atomic E-state index is 0.219. The Morgan fingerprint density at radius 3 is 2.43 bits per heavy atom. The van der Waals surface area contributed by atoms with Crippen LogP contribution in [0.3, 0.4) is 0 Å². The largest absolute Gasteiger partial charge is 0.403 e. The molecule has 3 rings (SSSR count). The van der Waals surface area contributed by atoms with Gasteiger partial charge in [0.25, 0.3) is 0 Å². The van der Waals surface area contributed by atoms with Crippen molar-refractivity contribution in [3.8, 4) is 0 Å². The first kappa shape index (κ1) is 15.5. The molecule has 3 nitrogen and oxygen atoms in total.